The first-order chi connectivity index (χ1) is 13.2. The Morgan fingerprint density at radius 2 is 1.57 bits per heavy atom. The van der Waals surface area contributed by atoms with E-state index < -0.39 is 0 Å². The van der Waals surface area contributed by atoms with Crippen LogP contribution in [-0.2, 0) is 19.2 Å². The van der Waals surface area contributed by atoms with E-state index >= 15 is 0 Å². The Labute approximate surface area is 166 Å². The van der Waals surface area contributed by atoms with Crippen molar-refractivity contribution in [3.05, 3.63) is 0 Å². The van der Waals surface area contributed by atoms with Crippen LogP contribution in [0.1, 0.15) is 59.8 Å². The van der Waals surface area contributed by atoms with Gasteiger partial charge in [-0.05, 0) is 48.9 Å². The van der Waals surface area contributed by atoms with Crippen molar-refractivity contribution in [1.29, 1.82) is 0 Å². The van der Waals surface area contributed by atoms with Crippen molar-refractivity contribution in [2.45, 2.75) is 65.8 Å². The summed E-state index contributed by atoms with van der Waals surface area (Å²) in [5.41, 5.74) is 0.0561. The van der Waals surface area contributed by atoms with E-state index in [2.05, 4.69) is 40.7 Å². The van der Waals surface area contributed by atoms with E-state index in [9.17, 15) is 19.2 Å². The predicted molar refractivity (Wildman–Crippen MR) is 105 cm³/mol. The average Bonchev–Trinajstić information content (AvgIpc) is 2.61. The third-order valence-corrected chi connectivity index (χ3v) is 4.68. The van der Waals surface area contributed by atoms with Crippen LogP contribution in [0.25, 0.3) is 0 Å². The van der Waals surface area contributed by atoms with Gasteiger partial charge in [-0.3, -0.25) is 0 Å². The van der Waals surface area contributed by atoms with Crippen molar-refractivity contribution in [2.75, 3.05) is 19.6 Å². The van der Waals surface area contributed by atoms with Gasteiger partial charge in [0.1, 0.15) is 0 Å². The first-order valence-electron chi connectivity index (χ1n) is 9.40. The molecule has 1 aliphatic rings. The summed E-state index contributed by atoms with van der Waals surface area (Å²) in [5, 5.41) is 0. The van der Waals surface area contributed by atoms with Crippen LogP contribution in [0.3, 0.4) is 0 Å². The molecule has 8 nitrogen and oxygen atoms in total. The van der Waals surface area contributed by atoms with Gasteiger partial charge in [-0.25, -0.2) is 39.1 Å². The predicted octanol–water partition coefficient (Wildman–Crippen LogP) is 3.32. The van der Waals surface area contributed by atoms with Gasteiger partial charge in [0, 0.05) is 0 Å². The molecule has 1 aliphatic carbocycles. The molecule has 28 heavy (non-hydrogen) atoms. The van der Waals surface area contributed by atoms with E-state index in [0.717, 1.165) is 32.1 Å². The number of carbonyl (C=O) groups excluding carboxylic acids is 4. The molecule has 3 atom stereocenters. The molecule has 0 aromatic carbocycles. The molecule has 8 heteroatoms. The molecule has 154 valence electrons. The Balaban J connectivity index is 0.000000546. The quantitative estimate of drug-likeness (QED) is 0.341. The molecule has 0 aliphatic heterocycles. The summed E-state index contributed by atoms with van der Waals surface area (Å²) in [6.07, 6.45) is 10.6. The maximum atomic E-state index is 10.3. The first kappa shape index (κ1) is 25.5. The fourth-order valence-electron chi connectivity index (χ4n) is 3.94. The number of hydrogen-bond donors (Lipinski definition) is 0. The zero-order valence-electron chi connectivity index (χ0n) is 17.2. The molecule has 0 heterocycles. The molecule has 0 radical (unpaired) electrons. The van der Waals surface area contributed by atoms with Crippen LogP contribution in [0.4, 0.5) is 0 Å². The van der Waals surface area contributed by atoms with E-state index in [4.69, 9.17) is 0 Å². The number of aliphatic imine (C=N–C) groups is 4. The molecule has 0 amide bonds. The van der Waals surface area contributed by atoms with Gasteiger partial charge in [0.15, 0.2) is 0 Å². The number of nitrogens with zero attached hydrogens (tertiary/aromatic N) is 4. The molecule has 1 fully saturated rings. The van der Waals surface area contributed by atoms with Crippen molar-refractivity contribution >= 4 is 24.3 Å². The maximum Gasteiger partial charge on any atom is 0.235 e. The van der Waals surface area contributed by atoms with Crippen LogP contribution in [0.5, 0.6) is 0 Å². The van der Waals surface area contributed by atoms with Crippen LogP contribution in [0.2, 0.25) is 0 Å². The van der Waals surface area contributed by atoms with Gasteiger partial charge in [0.05, 0.1) is 25.7 Å². The summed E-state index contributed by atoms with van der Waals surface area (Å²) in [5.74, 6) is 0.355. The van der Waals surface area contributed by atoms with Gasteiger partial charge in [-0.2, -0.15) is 0 Å². The molecule has 0 spiro atoms. The molecule has 0 aromatic heterocycles. The molecule has 1 rings (SSSR count). The van der Waals surface area contributed by atoms with E-state index in [-0.39, 0.29) is 16.9 Å². The third kappa shape index (κ3) is 12.0. The largest absolute Gasteiger partial charge is 0.235 e. The average molecular weight is 390 g/mol. The highest BCUT2D eigenvalue weighted by molar-refractivity contribution is 5.34. The highest BCUT2D eigenvalue weighted by Crippen LogP contribution is 2.47. The fraction of sp³-hybridized carbons (Fsp3) is 0.800. The van der Waals surface area contributed by atoms with Gasteiger partial charge >= 0.3 is 0 Å². The summed E-state index contributed by atoms with van der Waals surface area (Å²) < 4.78 is 0. The topological polar surface area (TPSA) is 118 Å². The second-order valence-corrected chi connectivity index (χ2v) is 8.49. The summed E-state index contributed by atoms with van der Waals surface area (Å²) in [6, 6.07) is 0.00750. The molecule has 0 aromatic rings. The monoisotopic (exact) mass is 390 g/mol. The van der Waals surface area contributed by atoms with Gasteiger partial charge in [0.25, 0.3) is 0 Å². The molecule has 1 saturated carbocycles. The number of rotatable bonds is 9. The molecule has 3 unspecified atom stereocenters. The van der Waals surface area contributed by atoms with Crippen LogP contribution in [-0.4, -0.2) is 50.0 Å². The number of hydrogen-bond acceptors (Lipinski definition) is 8. The van der Waals surface area contributed by atoms with Crippen LogP contribution in [0, 0.1) is 16.7 Å². The Morgan fingerprint density at radius 1 is 0.929 bits per heavy atom. The van der Waals surface area contributed by atoms with Gasteiger partial charge < -0.3 is 0 Å². The molecular weight excluding hydrogens is 360 g/mol. The van der Waals surface area contributed by atoms with Crippen molar-refractivity contribution in [1.82, 2.24) is 0 Å². The maximum absolute atomic E-state index is 10.3. The minimum Gasteiger partial charge on any atom is -0.211 e. The van der Waals surface area contributed by atoms with Crippen molar-refractivity contribution in [3.8, 4) is 0 Å². The molecule has 0 bridgehead atoms. The van der Waals surface area contributed by atoms with Gasteiger partial charge in [0.2, 0.25) is 24.3 Å². The zero-order chi connectivity index (χ0) is 21.5. The fourth-order valence-corrected chi connectivity index (χ4v) is 3.94. The summed E-state index contributed by atoms with van der Waals surface area (Å²) in [6.45, 7) is 9.87. The zero-order valence-corrected chi connectivity index (χ0v) is 17.2. The molecule has 0 N–H and O–H groups in total. The van der Waals surface area contributed by atoms with Crippen LogP contribution in [0.15, 0.2) is 20.0 Å². The van der Waals surface area contributed by atoms with Crippen molar-refractivity contribution < 1.29 is 19.2 Å². The lowest BCUT2D eigenvalue weighted by atomic mass is 9.63. The van der Waals surface area contributed by atoms with Gasteiger partial charge in [-0.15, -0.1) is 0 Å². The van der Waals surface area contributed by atoms with Gasteiger partial charge in [-0.1, -0.05) is 27.7 Å². The second-order valence-electron chi connectivity index (χ2n) is 8.49. The van der Waals surface area contributed by atoms with E-state index in [1.54, 1.807) is 12.2 Å². The van der Waals surface area contributed by atoms with Crippen molar-refractivity contribution in [2.24, 2.45) is 36.7 Å². The Morgan fingerprint density at radius 3 is 2.14 bits per heavy atom. The lowest BCUT2D eigenvalue weighted by Crippen LogP contribution is -2.39. The van der Waals surface area contributed by atoms with Crippen molar-refractivity contribution in [3.63, 3.8) is 0 Å². The normalized spacial score (nSPS) is 23.2. The second kappa shape index (κ2) is 13.7. The minimum absolute atomic E-state index is 0.00750. The standard InChI is InChI=1S/C12H18N2O2.C8H12N2O2/c1-11(2)4-10(14-9-16)5-12(3,6-11)7-13-8-15;1-8(5-10-7-12)3-2-4-9-6-11/h10H,4-7H2,1-3H3;8H,2-5H2,1H3. The highest BCUT2D eigenvalue weighted by atomic mass is 16.1. The Bertz CT molecular complexity index is 668. The Kier molecular flexibility index (Phi) is 12.4. The third-order valence-electron chi connectivity index (χ3n) is 4.68. The lowest BCUT2D eigenvalue weighted by molar-refractivity contribution is 0.0915. The SMILES string of the molecule is CC(CCCN=C=O)CN=C=O.CC1(C)CC(N=C=O)CC(C)(CN=C=O)C1. The molecular formula is C20H30N4O4. The summed E-state index contributed by atoms with van der Waals surface area (Å²) in [4.78, 5) is 54.3. The number of isocyanates is 4. The van der Waals surface area contributed by atoms with E-state index in [1.165, 1.54) is 12.2 Å². The Hall–Kier alpha value is -2.48. The smallest absolute Gasteiger partial charge is 0.211 e. The lowest BCUT2D eigenvalue weighted by Gasteiger charge is -2.44. The first-order valence-corrected chi connectivity index (χ1v) is 9.40. The highest BCUT2D eigenvalue weighted by Gasteiger charge is 2.41. The van der Waals surface area contributed by atoms with E-state index in [1.807, 2.05) is 6.92 Å². The summed E-state index contributed by atoms with van der Waals surface area (Å²) in [7, 11) is 0. The molecule has 0 saturated heterocycles. The summed E-state index contributed by atoms with van der Waals surface area (Å²) >= 11 is 0. The van der Waals surface area contributed by atoms with Crippen LogP contribution < -0.4 is 0 Å². The van der Waals surface area contributed by atoms with Crippen LogP contribution >= 0.6 is 0 Å². The minimum atomic E-state index is -0.0653. The van der Waals surface area contributed by atoms with E-state index in [0.29, 0.717) is 25.6 Å².